The van der Waals surface area contributed by atoms with Gasteiger partial charge in [0.1, 0.15) is 0 Å². The van der Waals surface area contributed by atoms with E-state index in [4.69, 9.17) is 0 Å². The maximum absolute atomic E-state index is 2.43. The predicted molar refractivity (Wildman–Crippen MR) is 453 cm³/mol. The molecule has 22 rings (SSSR count). The van der Waals surface area contributed by atoms with E-state index >= 15 is 0 Å². The minimum absolute atomic E-state index is 1.20. The molecular weight excluding hydrogens is 1290 g/mol. The Morgan fingerprint density at radius 1 is 0.115 bits per heavy atom. The summed E-state index contributed by atoms with van der Waals surface area (Å²) in [5.74, 6) is 0. The second-order valence-corrected chi connectivity index (χ2v) is 30.2. The van der Waals surface area contributed by atoms with Crippen molar-refractivity contribution in [2.24, 2.45) is 0 Å². The third kappa shape index (κ3) is 9.36. The second-order valence-electron chi connectivity index (χ2n) is 28.1. The highest BCUT2D eigenvalue weighted by atomic mass is 32.1. The molecule has 0 saturated carbocycles. The highest BCUT2D eigenvalue weighted by molar-refractivity contribution is 7.27. The van der Waals surface area contributed by atoms with Crippen LogP contribution in [0.4, 0.5) is 0 Å². The van der Waals surface area contributed by atoms with E-state index in [1.165, 1.54) is 226 Å². The van der Waals surface area contributed by atoms with E-state index < -0.39 is 0 Å². The summed E-state index contributed by atoms with van der Waals surface area (Å²) in [7, 11) is 0. The molecule has 22 aromatic rings. The molecule has 2 aromatic heterocycles. The summed E-state index contributed by atoms with van der Waals surface area (Å²) in [4.78, 5) is 0. The maximum atomic E-state index is 2.43. The molecule has 0 aliphatic heterocycles. The lowest BCUT2D eigenvalue weighted by Crippen LogP contribution is -1.88. The Kier molecular flexibility index (Phi) is 13.2. The van der Waals surface area contributed by atoms with Crippen molar-refractivity contribution in [3.63, 3.8) is 0 Å². The van der Waals surface area contributed by atoms with Crippen LogP contribution in [0.5, 0.6) is 0 Å². The van der Waals surface area contributed by atoms with Gasteiger partial charge in [0.25, 0.3) is 0 Å². The molecule has 0 fully saturated rings. The van der Waals surface area contributed by atoms with Crippen molar-refractivity contribution in [1.82, 2.24) is 0 Å². The zero-order valence-corrected chi connectivity index (χ0v) is 58.1. The van der Waals surface area contributed by atoms with Gasteiger partial charge in [-0.25, -0.2) is 0 Å². The molecule has 0 aliphatic rings. The normalized spacial score (nSPS) is 12.0. The van der Waals surface area contributed by atoms with Gasteiger partial charge in [-0.3, -0.25) is 0 Å². The van der Waals surface area contributed by atoms with Crippen molar-refractivity contribution >= 4 is 160 Å². The number of rotatable bonds is 8. The smallest absolute Gasteiger partial charge is 0.0434 e. The number of hydrogen-bond acceptors (Lipinski definition) is 2. The Morgan fingerprint density at radius 2 is 0.337 bits per heavy atom. The van der Waals surface area contributed by atoms with Crippen LogP contribution in [-0.2, 0) is 0 Å². The molecule has 0 nitrogen and oxygen atoms in total. The van der Waals surface area contributed by atoms with Gasteiger partial charge in [-0.2, -0.15) is 0 Å². The lowest BCUT2D eigenvalue weighted by atomic mass is 9.88. The van der Waals surface area contributed by atoms with Gasteiger partial charge in [0, 0.05) is 40.3 Å². The quantitative estimate of drug-likeness (QED) is 0.133. The fraction of sp³-hybridized carbons (Fsp3) is 0. The molecule has 0 saturated heterocycles. The fourth-order valence-electron chi connectivity index (χ4n) is 17.4. The van der Waals surface area contributed by atoms with Crippen molar-refractivity contribution in [3.05, 3.63) is 364 Å². The standard InChI is InChI=1S/C102H60S2/c1-2-27-79-77(25-1)78-26-3-4-28-80(78)93-56-68(39-45-85(79)93)65-21-13-23-73(53-65)75-34-15-36-91-92-37-16-35-76(102(92)104-101(75)91)74-24-14-22-66(54-74)69-41-47-87-89-49-43-71(59-97(89)84-32-8-6-30-82(84)95(87)57-69)70-42-48-88-86-46-40-67(55-94(86)81-29-5-7-31-83(81)96(88)58-70)63-19-11-17-61(51-63)62-18-12-20-64(52-62)72-44-50-100-98(60-72)90-33-9-10-38-99(90)103-100/h1-60H. The first-order chi connectivity index (χ1) is 51.5. The second kappa shape index (κ2) is 23.4. The van der Waals surface area contributed by atoms with E-state index in [2.05, 4.69) is 364 Å². The van der Waals surface area contributed by atoms with E-state index in [1.807, 2.05) is 22.7 Å². The average molecular weight is 1350 g/mol. The van der Waals surface area contributed by atoms with Crippen LogP contribution in [0.3, 0.4) is 0 Å². The number of benzene rings is 20. The van der Waals surface area contributed by atoms with Gasteiger partial charge in [-0.05, 0) is 259 Å². The third-order valence-corrected chi connectivity index (χ3v) is 24.8. The zero-order chi connectivity index (χ0) is 68.1. The molecule has 0 amide bonds. The van der Waals surface area contributed by atoms with Crippen LogP contribution >= 0.6 is 22.7 Å². The minimum atomic E-state index is 1.20. The van der Waals surface area contributed by atoms with Gasteiger partial charge >= 0.3 is 0 Å². The monoisotopic (exact) mass is 1350 g/mol. The van der Waals surface area contributed by atoms with Crippen LogP contribution in [0.1, 0.15) is 0 Å². The van der Waals surface area contributed by atoms with Crippen LogP contribution in [0.2, 0.25) is 0 Å². The molecule has 480 valence electrons. The molecular formula is C102H60S2. The van der Waals surface area contributed by atoms with Gasteiger partial charge in [-0.15, -0.1) is 22.7 Å². The fourth-order valence-corrected chi connectivity index (χ4v) is 19.8. The molecule has 0 atom stereocenters. The van der Waals surface area contributed by atoms with E-state index in [0.29, 0.717) is 0 Å². The van der Waals surface area contributed by atoms with Crippen LogP contribution in [0, 0.1) is 0 Å². The highest BCUT2D eigenvalue weighted by Crippen LogP contribution is 2.48. The van der Waals surface area contributed by atoms with E-state index in [0.717, 1.165) is 0 Å². The summed E-state index contributed by atoms with van der Waals surface area (Å²) in [6.45, 7) is 0. The molecule has 2 heterocycles. The van der Waals surface area contributed by atoms with Crippen molar-refractivity contribution in [3.8, 4) is 89.0 Å². The Bertz CT molecular complexity index is 7350. The highest BCUT2D eigenvalue weighted by Gasteiger charge is 2.20. The van der Waals surface area contributed by atoms with Crippen molar-refractivity contribution in [2.45, 2.75) is 0 Å². The van der Waals surface area contributed by atoms with Crippen molar-refractivity contribution < 1.29 is 0 Å². The molecule has 0 spiro atoms. The summed E-state index contributed by atoms with van der Waals surface area (Å²) < 4.78 is 5.27. The summed E-state index contributed by atoms with van der Waals surface area (Å²) in [6.07, 6.45) is 0. The first-order valence-corrected chi connectivity index (χ1v) is 37.5. The predicted octanol–water partition coefficient (Wildman–Crippen LogP) is 30.1. The first-order valence-electron chi connectivity index (χ1n) is 35.9. The molecule has 0 radical (unpaired) electrons. The molecule has 0 aliphatic carbocycles. The Hall–Kier alpha value is -12.8. The average Bonchev–Trinajstić information content (AvgIpc) is 0.889. The van der Waals surface area contributed by atoms with Crippen LogP contribution in [0.25, 0.3) is 226 Å². The molecule has 0 unspecified atom stereocenters. The molecule has 0 bridgehead atoms. The minimum Gasteiger partial charge on any atom is -0.135 e. The zero-order valence-electron chi connectivity index (χ0n) is 56.5. The number of fused-ring (bicyclic) bond motifs is 24. The van der Waals surface area contributed by atoms with Crippen LogP contribution in [0.15, 0.2) is 364 Å². The number of thiophene rings is 2. The molecule has 20 aromatic carbocycles. The molecule has 0 N–H and O–H groups in total. The van der Waals surface area contributed by atoms with Crippen molar-refractivity contribution in [2.75, 3.05) is 0 Å². The SMILES string of the molecule is c1cc(-c2cccc(-c3ccc4c5ccc(-c6ccc7c8ccc(-c9cccc(-c%10cccc%11c%10sc%10c(-c%12cccc(-c%13ccc%14c%15ccccc%15c%15ccccc%15c%14c%13)c%12)cccc%10%11)c9)cc8c8ccccc8c7c6)cc5c5ccccc5c4c3)c2)cc(-c2ccc3sc4ccccc4c3c2)c1. The van der Waals surface area contributed by atoms with E-state index in [9.17, 15) is 0 Å². The summed E-state index contributed by atoms with van der Waals surface area (Å²) in [6, 6.07) is 137. The van der Waals surface area contributed by atoms with Gasteiger partial charge < -0.3 is 0 Å². The topological polar surface area (TPSA) is 0 Å². The third-order valence-electron chi connectivity index (χ3n) is 22.4. The lowest BCUT2D eigenvalue weighted by Gasteiger charge is -2.15. The van der Waals surface area contributed by atoms with Gasteiger partial charge in [-0.1, -0.05) is 291 Å². The first kappa shape index (κ1) is 58.9. The summed E-state index contributed by atoms with van der Waals surface area (Å²) in [5, 5.41) is 28.1. The Balaban J connectivity index is 0.576. The number of hydrogen-bond donors (Lipinski definition) is 0. The van der Waals surface area contributed by atoms with Crippen LogP contribution in [-0.4, -0.2) is 0 Å². The Labute approximate surface area is 608 Å². The van der Waals surface area contributed by atoms with Crippen molar-refractivity contribution in [1.29, 1.82) is 0 Å². The van der Waals surface area contributed by atoms with Crippen LogP contribution < -0.4 is 0 Å². The summed E-state index contributed by atoms with van der Waals surface area (Å²) >= 11 is 3.78. The molecule has 2 heteroatoms. The molecule has 104 heavy (non-hydrogen) atoms. The Morgan fingerprint density at radius 3 is 0.673 bits per heavy atom. The van der Waals surface area contributed by atoms with Gasteiger partial charge in [0.15, 0.2) is 0 Å². The maximum Gasteiger partial charge on any atom is 0.0434 e. The van der Waals surface area contributed by atoms with Gasteiger partial charge in [0.2, 0.25) is 0 Å². The van der Waals surface area contributed by atoms with E-state index in [1.54, 1.807) is 0 Å². The van der Waals surface area contributed by atoms with E-state index in [-0.39, 0.29) is 0 Å². The largest absolute Gasteiger partial charge is 0.135 e. The summed E-state index contributed by atoms with van der Waals surface area (Å²) in [5.41, 5.74) is 19.5. The van der Waals surface area contributed by atoms with Gasteiger partial charge in [0.05, 0.1) is 0 Å². The lowest BCUT2D eigenvalue weighted by molar-refractivity contribution is 1.59.